The van der Waals surface area contributed by atoms with Gasteiger partial charge in [0.05, 0.1) is 10.8 Å². The van der Waals surface area contributed by atoms with Crippen LogP contribution in [-0.2, 0) is 4.79 Å². The number of amides is 1. The number of carbonyl (C=O) groups is 2. The maximum atomic E-state index is 13.1. The standard InChI is InChI=1S/C20H17NO2S/c1-2-21-16(22)12-24-20(21)18-17(13-8-4-3-5-9-13)14-10-6-7-11-15(14)19(18)23/h3-11,17H,2,12H2,1H3/b20-18-. The summed E-state index contributed by atoms with van der Waals surface area (Å²) in [6.07, 6.45) is 0. The summed E-state index contributed by atoms with van der Waals surface area (Å²) in [4.78, 5) is 27.0. The maximum Gasteiger partial charge on any atom is 0.237 e. The van der Waals surface area contributed by atoms with E-state index in [1.54, 1.807) is 4.90 Å². The highest BCUT2D eigenvalue weighted by Gasteiger charge is 2.41. The van der Waals surface area contributed by atoms with E-state index >= 15 is 0 Å². The highest BCUT2D eigenvalue weighted by Crippen LogP contribution is 2.47. The first-order valence-corrected chi connectivity index (χ1v) is 9.06. The van der Waals surface area contributed by atoms with Crippen LogP contribution in [0, 0.1) is 0 Å². The second kappa shape index (κ2) is 5.95. The molecule has 2 aromatic rings. The number of nitrogens with zero attached hydrogens (tertiary/aromatic N) is 1. The summed E-state index contributed by atoms with van der Waals surface area (Å²) in [6.45, 7) is 2.55. The van der Waals surface area contributed by atoms with Gasteiger partial charge in [-0.15, -0.1) is 0 Å². The number of benzene rings is 2. The minimum atomic E-state index is -0.0997. The molecule has 3 nitrogen and oxygen atoms in total. The summed E-state index contributed by atoms with van der Waals surface area (Å²) in [5.74, 6) is 0.450. The van der Waals surface area contributed by atoms with Crippen LogP contribution in [0.2, 0.25) is 0 Å². The highest BCUT2D eigenvalue weighted by atomic mass is 32.2. The van der Waals surface area contributed by atoms with Gasteiger partial charge < -0.3 is 4.90 Å². The number of ketones is 1. The lowest BCUT2D eigenvalue weighted by Gasteiger charge is -2.20. The summed E-state index contributed by atoms with van der Waals surface area (Å²) < 4.78 is 0. The molecule has 1 amide bonds. The van der Waals surface area contributed by atoms with Crippen molar-refractivity contribution < 1.29 is 9.59 Å². The van der Waals surface area contributed by atoms with E-state index < -0.39 is 0 Å². The first kappa shape index (κ1) is 15.2. The van der Waals surface area contributed by atoms with E-state index in [1.165, 1.54) is 11.8 Å². The van der Waals surface area contributed by atoms with E-state index in [-0.39, 0.29) is 17.6 Å². The molecule has 2 aromatic carbocycles. The van der Waals surface area contributed by atoms with Crippen LogP contribution in [0.25, 0.3) is 0 Å². The number of thioether (sulfide) groups is 1. The minimum Gasteiger partial charge on any atom is -0.306 e. The molecule has 0 saturated carbocycles. The normalized spacial score (nSPS) is 23.0. The number of rotatable bonds is 2. The van der Waals surface area contributed by atoms with Gasteiger partial charge in [-0.05, 0) is 18.1 Å². The van der Waals surface area contributed by atoms with Gasteiger partial charge in [0, 0.05) is 23.6 Å². The molecule has 0 bridgehead atoms. The van der Waals surface area contributed by atoms with Crippen molar-refractivity contribution >= 4 is 23.5 Å². The Morgan fingerprint density at radius 3 is 2.50 bits per heavy atom. The smallest absolute Gasteiger partial charge is 0.237 e. The van der Waals surface area contributed by atoms with Crippen molar-refractivity contribution in [2.24, 2.45) is 0 Å². The third kappa shape index (κ3) is 2.21. The van der Waals surface area contributed by atoms with Gasteiger partial charge in [0.25, 0.3) is 0 Å². The predicted octanol–water partition coefficient (Wildman–Crippen LogP) is 3.82. The highest BCUT2D eigenvalue weighted by molar-refractivity contribution is 8.04. The van der Waals surface area contributed by atoms with Crippen LogP contribution in [0.15, 0.2) is 65.2 Å². The Morgan fingerprint density at radius 1 is 1.04 bits per heavy atom. The van der Waals surface area contributed by atoms with E-state index in [2.05, 4.69) is 12.1 Å². The second-order valence-electron chi connectivity index (χ2n) is 5.91. The molecule has 0 radical (unpaired) electrons. The molecule has 4 rings (SSSR count). The molecule has 1 atom stereocenters. The molecule has 1 unspecified atom stereocenters. The molecule has 2 aliphatic rings. The van der Waals surface area contributed by atoms with Crippen LogP contribution >= 0.6 is 11.8 Å². The van der Waals surface area contributed by atoms with Gasteiger partial charge in [-0.3, -0.25) is 9.59 Å². The van der Waals surface area contributed by atoms with E-state index in [0.29, 0.717) is 12.3 Å². The number of fused-ring (bicyclic) bond motifs is 1. The van der Waals surface area contributed by atoms with E-state index in [1.807, 2.05) is 49.4 Å². The lowest BCUT2D eigenvalue weighted by Crippen LogP contribution is -2.26. The average molecular weight is 335 g/mol. The molecular weight excluding hydrogens is 318 g/mol. The van der Waals surface area contributed by atoms with Gasteiger partial charge in [-0.25, -0.2) is 0 Å². The fourth-order valence-corrected chi connectivity index (χ4v) is 4.71. The van der Waals surface area contributed by atoms with Crippen LogP contribution < -0.4 is 0 Å². The molecule has 4 heteroatoms. The summed E-state index contributed by atoms with van der Waals surface area (Å²) in [5, 5.41) is 0.831. The van der Waals surface area contributed by atoms with E-state index in [4.69, 9.17) is 0 Å². The average Bonchev–Trinajstić information content (AvgIpc) is 3.13. The zero-order valence-corrected chi connectivity index (χ0v) is 14.2. The van der Waals surface area contributed by atoms with Crippen molar-refractivity contribution in [3.8, 4) is 0 Å². The van der Waals surface area contributed by atoms with Crippen LogP contribution in [0.1, 0.15) is 34.3 Å². The van der Waals surface area contributed by atoms with Crippen LogP contribution in [-0.4, -0.2) is 28.9 Å². The first-order chi connectivity index (χ1) is 11.7. The largest absolute Gasteiger partial charge is 0.306 e. The van der Waals surface area contributed by atoms with Gasteiger partial charge >= 0.3 is 0 Å². The molecule has 120 valence electrons. The molecule has 0 N–H and O–H groups in total. The van der Waals surface area contributed by atoms with Crippen molar-refractivity contribution in [1.29, 1.82) is 0 Å². The second-order valence-corrected chi connectivity index (χ2v) is 6.87. The summed E-state index contributed by atoms with van der Waals surface area (Å²) >= 11 is 1.49. The lowest BCUT2D eigenvalue weighted by atomic mass is 9.90. The van der Waals surface area contributed by atoms with E-state index in [9.17, 15) is 9.59 Å². The number of allylic oxidation sites excluding steroid dienone is 1. The Kier molecular flexibility index (Phi) is 3.77. The van der Waals surface area contributed by atoms with Crippen molar-refractivity contribution in [3.05, 3.63) is 81.9 Å². The van der Waals surface area contributed by atoms with Crippen LogP contribution in [0.3, 0.4) is 0 Å². The molecule has 0 spiro atoms. The van der Waals surface area contributed by atoms with E-state index in [0.717, 1.165) is 27.3 Å². The molecular formula is C20H17NO2S. The summed E-state index contributed by atoms with van der Waals surface area (Å²) in [6, 6.07) is 17.9. The van der Waals surface area contributed by atoms with Crippen molar-refractivity contribution in [1.82, 2.24) is 4.90 Å². The third-order valence-electron chi connectivity index (χ3n) is 4.61. The number of hydrogen-bond donors (Lipinski definition) is 0. The molecule has 0 aromatic heterocycles. The minimum absolute atomic E-state index is 0.0510. The maximum absolute atomic E-state index is 13.1. The molecule has 1 aliphatic heterocycles. The van der Waals surface area contributed by atoms with Gasteiger partial charge in [-0.1, -0.05) is 66.4 Å². The van der Waals surface area contributed by atoms with Crippen LogP contribution in [0.5, 0.6) is 0 Å². The Morgan fingerprint density at radius 2 is 1.75 bits per heavy atom. The number of Topliss-reactive ketones (excluding diaryl/α,β-unsaturated/α-hetero) is 1. The Bertz CT molecular complexity index is 857. The van der Waals surface area contributed by atoms with Gasteiger partial charge in [0.1, 0.15) is 0 Å². The van der Waals surface area contributed by atoms with Gasteiger partial charge in [-0.2, -0.15) is 0 Å². The quantitative estimate of drug-likeness (QED) is 0.783. The number of hydrogen-bond acceptors (Lipinski definition) is 3. The molecule has 1 fully saturated rings. The van der Waals surface area contributed by atoms with Gasteiger partial charge in [0.2, 0.25) is 5.91 Å². The molecule has 1 heterocycles. The summed E-state index contributed by atoms with van der Waals surface area (Å²) in [7, 11) is 0. The first-order valence-electron chi connectivity index (χ1n) is 8.08. The monoisotopic (exact) mass is 335 g/mol. The Labute approximate surface area is 145 Å². The van der Waals surface area contributed by atoms with Crippen molar-refractivity contribution in [2.75, 3.05) is 12.3 Å². The van der Waals surface area contributed by atoms with Gasteiger partial charge in [0.15, 0.2) is 5.78 Å². The zero-order valence-electron chi connectivity index (χ0n) is 13.4. The predicted molar refractivity (Wildman–Crippen MR) is 95.9 cm³/mol. The zero-order chi connectivity index (χ0) is 16.7. The lowest BCUT2D eigenvalue weighted by molar-refractivity contribution is -0.125. The molecule has 1 aliphatic carbocycles. The molecule has 1 saturated heterocycles. The van der Waals surface area contributed by atoms with Crippen molar-refractivity contribution in [3.63, 3.8) is 0 Å². The van der Waals surface area contributed by atoms with Crippen LogP contribution in [0.4, 0.5) is 0 Å². The fourth-order valence-electron chi connectivity index (χ4n) is 3.54. The summed E-state index contributed by atoms with van der Waals surface area (Å²) in [5.41, 5.74) is 3.63. The third-order valence-corrected chi connectivity index (χ3v) is 5.71. The molecule has 24 heavy (non-hydrogen) atoms. The SMILES string of the molecule is CCN1C(=O)CS/C1=C1\C(=O)c2ccccc2C1c1ccccc1. The number of carbonyl (C=O) groups excluding carboxylic acids is 2. The van der Waals surface area contributed by atoms with Crippen molar-refractivity contribution in [2.45, 2.75) is 12.8 Å². The topological polar surface area (TPSA) is 37.4 Å². The Hall–Kier alpha value is -2.33. The fraction of sp³-hybridized carbons (Fsp3) is 0.200. The Balaban J connectivity index is 1.96.